The number of nitrogens with one attached hydrogen (secondary N) is 1. The molecular formula is C15H23N5. The predicted molar refractivity (Wildman–Crippen MR) is 79.6 cm³/mol. The second-order valence-electron chi connectivity index (χ2n) is 5.21. The van der Waals surface area contributed by atoms with Gasteiger partial charge in [-0.15, -0.1) is 10.2 Å². The van der Waals surface area contributed by atoms with Crippen molar-refractivity contribution in [3.63, 3.8) is 0 Å². The van der Waals surface area contributed by atoms with Crippen LogP contribution < -0.4 is 5.32 Å². The molecule has 0 amide bonds. The molecule has 2 rings (SSSR count). The lowest BCUT2D eigenvalue weighted by Gasteiger charge is -2.16. The third kappa shape index (κ3) is 4.13. The highest BCUT2D eigenvalue weighted by molar-refractivity contribution is 5.25. The van der Waals surface area contributed by atoms with E-state index in [0.29, 0.717) is 5.92 Å². The number of hydrogen-bond acceptors (Lipinski definition) is 4. The fourth-order valence-corrected chi connectivity index (χ4v) is 2.22. The molecule has 5 nitrogen and oxygen atoms in total. The van der Waals surface area contributed by atoms with Gasteiger partial charge in [0.25, 0.3) is 0 Å². The Bertz CT molecular complexity index is 517. The van der Waals surface area contributed by atoms with Crippen LogP contribution >= 0.6 is 0 Å². The molecule has 108 valence electrons. The van der Waals surface area contributed by atoms with E-state index in [0.717, 1.165) is 31.8 Å². The highest BCUT2D eigenvalue weighted by atomic mass is 15.6. The van der Waals surface area contributed by atoms with Crippen molar-refractivity contribution in [3.8, 4) is 0 Å². The average molecular weight is 273 g/mol. The molecule has 0 spiro atoms. The molecule has 0 saturated heterocycles. The summed E-state index contributed by atoms with van der Waals surface area (Å²) in [5, 5.41) is 15.8. The van der Waals surface area contributed by atoms with Gasteiger partial charge in [-0.1, -0.05) is 36.8 Å². The van der Waals surface area contributed by atoms with Crippen LogP contribution in [0.2, 0.25) is 0 Å². The van der Waals surface area contributed by atoms with E-state index in [2.05, 4.69) is 58.8 Å². The zero-order valence-corrected chi connectivity index (χ0v) is 12.5. The minimum Gasteiger partial charge on any atom is -0.316 e. The maximum absolute atomic E-state index is 4.29. The normalized spacial score (nSPS) is 12.6. The van der Waals surface area contributed by atoms with Crippen molar-refractivity contribution >= 4 is 0 Å². The Labute approximate surface area is 120 Å². The summed E-state index contributed by atoms with van der Waals surface area (Å²) in [4.78, 5) is 1.51. The molecule has 1 aromatic heterocycles. The topological polar surface area (TPSA) is 55.6 Å². The highest BCUT2D eigenvalue weighted by Gasteiger charge is 2.15. The van der Waals surface area contributed by atoms with Crippen LogP contribution in [0.3, 0.4) is 0 Å². The zero-order chi connectivity index (χ0) is 14.4. The lowest BCUT2D eigenvalue weighted by molar-refractivity contribution is 0.563. The second-order valence-corrected chi connectivity index (χ2v) is 5.21. The van der Waals surface area contributed by atoms with Crippen molar-refractivity contribution in [2.75, 3.05) is 13.1 Å². The summed E-state index contributed by atoms with van der Waals surface area (Å²) in [6.07, 6.45) is 1.96. The van der Waals surface area contributed by atoms with Gasteiger partial charge < -0.3 is 5.32 Å². The van der Waals surface area contributed by atoms with Crippen molar-refractivity contribution in [2.45, 2.75) is 32.6 Å². The van der Waals surface area contributed by atoms with Crippen LogP contribution in [0.25, 0.3) is 0 Å². The molecule has 0 aliphatic heterocycles. The molecule has 0 aliphatic rings. The van der Waals surface area contributed by atoms with Crippen LogP contribution in [0.1, 0.15) is 36.2 Å². The molecule has 1 atom stereocenters. The number of rotatable bonds is 7. The lowest BCUT2D eigenvalue weighted by atomic mass is 9.94. The Hall–Kier alpha value is -1.75. The Morgan fingerprint density at radius 1 is 1.25 bits per heavy atom. The first-order valence-electron chi connectivity index (χ1n) is 7.19. The lowest BCUT2D eigenvalue weighted by Crippen LogP contribution is -2.24. The molecule has 1 aromatic carbocycles. The standard InChI is InChI=1S/C15H23N5/c1-4-9-16-11-14(10-15-17-19-20(3)18-15)13-7-5-12(2)6-8-13/h5-8,14,16H,4,9-11H2,1-3H3. The highest BCUT2D eigenvalue weighted by Crippen LogP contribution is 2.19. The number of aryl methyl sites for hydroxylation is 2. The van der Waals surface area contributed by atoms with E-state index in [1.54, 1.807) is 7.05 Å². The third-order valence-electron chi connectivity index (χ3n) is 3.34. The molecular weight excluding hydrogens is 250 g/mol. The molecule has 1 N–H and O–H groups in total. The van der Waals surface area contributed by atoms with Crippen LogP contribution in [0, 0.1) is 6.92 Å². The molecule has 0 radical (unpaired) electrons. The minimum atomic E-state index is 0.381. The first-order valence-corrected chi connectivity index (χ1v) is 7.19. The quantitative estimate of drug-likeness (QED) is 0.782. The molecule has 0 saturated carbocycles. The predicted octanol–water partition coefficient (Wildman–Crippen LogP) is 1.84. The van der Waals surface area contributed by atoms with Gasteiger partial charge in [0.2, 0.25) is 0 Å². The largest absolute Gasteiger partial charge is 0.316 e. The van der Waals surface area contributed by atoms with E-state index in [4.69, 9.17) is 0 Å². The van der Waals surface area contributed by atoms with Gasteiger partial charge in [-0.2, -0.15) is 4.80 Å². The van der Waals surface area contributed by atoms with Gasteiger partial charge in [-0.25, -0.2) is 0 Å². The minimum absolute atomic E-state index is 0.381. The first-order chi connectivity index (χ1) is 9.69. The van der Waals surface area contributed by atoms with E-state index < -0.39 is 0 Å². The van der Waals surface area contributed by atoms with Crippen LogP contribution in [0.4, 0.5) is 0 Å². The summed E-state index contributed by atoms with van der Waals surface area (Å²) in [5.74, 6) is 1.18. The van der Waals surface area contributed by atoms with Crippen LogP contribution in [-0.4, -0.2) is 33.3 Å². The van der Waals surface area contributed by atoms with Crippen molar-refractivity contribution in [1.29, 1.82) is 0 Å². The van der Waals surface area contributed by atoms with E-state index in [1.807, 2.05) is 0 Å². The van der Waals surface area contributed by atoms with E-state index in [-0.39, 0.29) is 0 Å². The molecule has 0 fully saturated rings. The van der Waals surface area contributed by atoms with E-state index in [9.17, 15) is 0 Å². The van der Waals surface area contributed by atoms with Crippen LogP contribution in [-0.2, 0) is 13.5 Å². The summed E-state index contributed by atoms with van der Waals surface area (Å²) in [5.41, 5.74) is 2.61. The van der Waals surface area contributed by atoms with Crippen LogP contribution in [0.15, 0.2) is 24.3 Å². The monoisotopic (exact) mass is 273 g/mol. The molecule has 20 heavy (non-hydrogen) atoms. The Kier molecular flexibility index (Phi) is 5.24. The third-order valence-corrected chi connectivity index (χ3v) is 3.34. The summed E-state index contributed by atoms with van der Waals surface area (Å²) in [6, 6.07) is 8.71. The molecule has 1 unspecified atom stereocenters. The molecule has 2 aromatic rings. The van der Waals surface area contributed by atoms with E-state index in [1.165, 1.54) is 15.9 Å². The number of benzene rings is 1. The molecule has 1 heterocycles. The average Bonchev–Trinajstić information content (AvgIpc) is 2.84. The summed E-state index contributed by atoms with van der Waals surface area (Å²) >= 11 is 0. The molecule has 0 bridgehead atoms. The van der Waals surface area contributed by atoms with Crippen molar-refractivity contribution < 1.29 is 0 Å². The van der Waals surface area contributed by atoms with Gasteiger partial charge in [-0.3, -0.25) is 0 Å². The van der Waals surface area contributed by atoms with Crippen molar-refractivity contribution in [2.24, 2.45) is 7.05 Å². The van der Waals surface area contributed by atoms with E-state index >= 15 is 0 Å². The van der Waals surface area contributed by atoms with Gasteiger partial charge >= 0.3 is 0 Å². The molecule has 5 heteroatoms. The van der Waals surface area contributed by atoms with Crippen molar-refractivity contribution in [3.05, 3.63) is 41.2 Å². The summed E-state index contributed by atoms with van der Waals surface area (Å²) in [6.45, 7) is 6.27. The Balaban J connectivity index is 2.09. The zero-order valence-electron chi connectivity index (χ0n) is 12.5. The summed E-state index contributed by atoms with van der Waals surface area (Å²) < 4.78 is 0. The number of hydrogen-bond donors (Lipinski definition) is 1. The first kappa shape index (κ1) is 14.7. The summed E-state index contributed by atoms with van der Waals surface area (Å²) in [7, 11) is 1.80. The SMILES string of the molecule is CCCNCC(Cc1nnn(C)n1)c1ccc(C)cc1. The molecule has 0 aliphatic carbocycles. The van der Waals surface area contributed by atoms with Crippen LogP contribution in [0.5, 0.6) is 0 Å². The number of tetrazole rings is 1. The Morgan fingerprint density at radius 2 is 2.00 bits per heavy atom. The fraction of sp³-hybridized carbons (Fsp3) is 0.533. The smallest absolute Gasteiger partial charge is 0.175 e. The second kappa shape index (κ2) is 7.14. The fourth-order valence-electron chi connectivity index (χ4n) is 2.22. The number of nitrogens with zero attached hydrogens (tertiary/aromatic N) is 4. The maximum atomic E-state index is 4.29. The van der Waals surface area contributed by atoms with Gasteiger partial charge in [0.15, 0.2) is 5.82 Å². The Morgan fingerprint density at radius 3 is 2.60 bits per heavy atom. The van der Waals surface area contributed by atoms with Gasteiger partial charge in [0.05, 0.1) is 7.05 Å². The number of aromatic nitrogens is 4. The van der Waals surface area contributed by atoms with Crippen molar-refractivity contribution in [1.82, 2.24) is 25.5 Å². The van der Waals surface area contributed by atoms with Gasteiger partial charge in [0.1, 0.15) is 0 Å². The van der Waals surface area contributed by atoms with Gasteiger partial charge in [0, 0.05) is 18.9 Å². The maximum Gasteiger partial charge on any atom is 0.175 e. The van der Waals surface area contributed by atoms with Gasteiger partial charge in [-0.05, 0) is 30.7 Å².